The van der Waals surface area contributed by atoms with E-state index in [1.54, 1.807) is 0 Å². The topological polar surface area (TPSA) is 49.4 Å². The maximum atomic E-state index is 13.1. The summed E-state index contributed by atoms with van der Waals surface area (Å²) in [5.41, 5.74) is 0. The Kier molecular flexibility index (Phi) is 4.15. The first kappa shape index (κ1) is 14.7. The molecular weight excluding hydrogens is 291 g/mol. The molecule has 1 aliphatic heterocycles. The number of sulfonamides is 1. The van der Waals surface area contributed by atoms with Crippen LogP contribution in [-0.2, 0) is 10.0 Å². The van der Waals surface area contributed by atoms with Crippen LogP contribution in [0.4, 0.5) is 4.39 Å². The molecule has 0 bridgehead atoms. The van der Waals surface area contributed by atoms with Crippen LogP contribution < -0.4 is 4.72 Å². The summed E-state index contributed by atoms with van der Waals surface area (Å²) in [6, 6.07) is 3.26. The first-order valence-corrected chi connectivity index (χ1v) is 7.81. The van der Waals surface area contributed by atoms with Crippen LogP contribution in [0.25, 0.3) is 0 Å². The summed E-state index contributed by atoms with van der Waals surface area (Å²) in [5, 5.41) is -0.195. The quantitative estimate of drug-likeness (QED) is 0.925. The molecule has 2 rings (SSSR count). The Morgan fingerprint density at radius 1 is 1.42 bits per heavy atom. The zero-order valence-corrected chi connectivity index (χ0v) is 12.3. The van der Waals surface area contributed by atoms with Crippen LogP contribution in [0.2, 0.25) is 5.02 Å². The Morgan fingerprint density at radius 3 is 2.63 bits per heavy atom. The molecule has 1 fully saturated rings. The first-order valence-electron chi connectivity index (χ1n) is 5.95. The van der Waals surface area contributed by atoms with Gasteiger partial charge in [-0.2, -0.15) is 0 Å². The molecule has 7 heteroatoms. The average molecular weight is 307 g/mol. The van der Waals surface area contributed by atoms with Gasteiger partial charge >= 0.3 is 0 Å². The van der Waals surface area contributed by atoms with Crippen LogP contribution in [-0.4, -0.2) is 39.5 Å². The monoisotopic (exact) mass is 306 g/mol. The van der Waals surface area contributed by atoms with Crippen LogP contribution in [0.3, 0.4) is 0 Å². The summed E-state index contributed by atoms with van der Waals surface area (Å²) in [6.07, 6.45) is 0. The van der Waals surface area contributed by atoms with Crippen molar-refractivity contribution in [2.45, 2.75) is 17.9 Å². The van der Waals surface area contributed by atoms with E-state index in [1.165, 1.54) is 6.07 Å². The zero-order valence-electron chi connectivity index (χ0n) is 10.7. The fraction of sp³-hybridized carbons (Fsp3) is 0.500. The summed E-state index contributed by atoms with van der Waals surface area (Å²) in [7, 11) is -1.72. The number of nitrogens with zero attached hydrogens (tertiary/aromatic N) is 1. The molecule has 19 heavy (non-hydrogen) atoms. The van der Waals surface area contributed by atoms with E-state index in [0.29, 0.717) is 6.54 Å². The van der Waals surface area contributed by atoms with Crippen molar-refractivity contribution in [1.82, 2.24) is 9.62 Å². The summed E-state index contributed by atoms with van der Waals surface area (Å²) in [4.78, 5) is 2.05. The summed E-state index contributed by atoms with van der Waals surface area (Å²) in [6.45, 7) is 3.50. The Labute approximate surface area is 117 Å². The van der Waals surface area contributed by atoms with Crippen molar-refractivity contribution >= 4 is 21.6 Å². The van der Waals surface area contributed by atoms with Gasteiger partial charge in [0.05, 0.1) is 9.92 Å². The molecule has 4 nitrogen and oxygen atoms in total. The SMILES string of the molecule is CC1CN(C)CC1NS(=O)(=O)c1ccc(F)c(Cl)c1. The molecule has 0 aliphatic carbocycles. The largest absolute Gasteiger partial charge is 0.304 e. The normalized spacial score (nSPS) is 24.8. The molecular formula is C12H16ClFN2O2S. The maximum absolute atomic E-state index is 13.1. The Bertz CT molecular complexity index is 579. The van der Waals surface area contributed by atoms with Crippen molar-refractivity contribution in [2.24, 2.45) is 5.92 Å². The number of likely N-dealkylation sites (N-methyl/N-ethyl adjacent to an activating group) is 1. The van der Waals surface area contributed by atoms with E-state index in [1.807, 2.05) is 14.0 Å². The van der Waals surface area contributed by atoms with Crippen LogP contribution in [0.15, 0.2) is 23.1 Å². The fourth-order valence-electron chi connectivity index (χ4n) is 2.27. The average Bonchev–Trinajstić information content (AvgIpc) is 2.60. The number of benzene rings is 1. The lowest BCUT2D eigenvalue weighted by Crippen LogP contribution is -2.39. The molecule has 1 aromatic carbocycles. The summed E-state index contributed by atoms with van der Waals surface area (Å²) < 4.78 is 40.1. The molecule has 0 aromatic heterocycles. The highest BCUT2D eigenvalue weighted by molar-refractivity contribution is 7.89. The lowest BCUT2D eigenvalue weighted by atomic mass is 10.1. The number of halogens is 2. The second kappa shape index (κ2) is 5.36. The molecule has 0 amide bonds. The van der Waals surface area contributed by atoms with E-state index in [2.05, 4.69) is 9.62 Å². The predicted molar refractivity (Wildman–Crippen MR) is 72.2 cm³/mol. The van der Waals surface area contributed by atoms with Crippen LogP contribution in [0.5, 0.6) is 0 Å². The molecule has 1 aromatic rings. The van der Waals surface area contributed by atoms with Gasteiger partial charge in [-0.15, -0.1) is 0 Å². The summed E-state index contributed by atoms with van der Waals surface area (Å²) >= 11 is 5.61. The van der Waals surface area contributed by atoms with E-state index in [4.69, 9.17) is 11.6 Å². The third-order valence-electron chi connectivity index (χ3n) is 3.30. The lowest BCUT2D eigenvalue weighted by molar-refractivity contribution is 0.400. The molecule has 0 saturated carbocycles. The highest BCUT2D eigenvalue weighted by Gasteiger charge is 2.31. The number of hydrogen-bond acceptors (Lipinski definition) is 3. The van der Waals surface area contributed by atoms with Gasteiger partial charge in [0.15, 0.2) is 0 Å². The lowest BCUT2D eigenvalue weighted by Gasteiger charge is -2.16. The van der Waals surface area contributed by atoms with Gasteiger partial charge in [0.2, 0.25) is 10.0 Å². The highest BCUT2D eigenvalue weighted by atomic mass is 35.5. The summed E-state index contributed by atoms with van der Waals surface area (Å²) in [5.74, 6) is -0.398. The van der Waals surface area contributed by atoms with Crippen LogP contribution >= 0.6 is 11.6 Å². The van der Waals surface area contributed by atoms with Gasteiger partial charge in [-0.05, 0) is 31.2 Å². The molecule has 2 unspecified atom stereocenters. The van der Waals surface area contributed by atoms with E-state index in [9.17, 15) is 12.8 Å². The van der Waals surface area contributed by atoms with Crippen molar-refractivity contribution in [3.63, 3.8) is 0 Å². The van der Waals surface area contributed by atoms with Crippen LogP contribution in [0, 0.1) is 11.7 Å². The van der Waals surface area contributed by atoms with Gasteiger partial charge in [0, 0.05) is 19.1 Å². The third kappa shape index (κ3) is 3.25. The van der Waals surface area contributed by atoms with Crippen molar-refractivity contribution < 1.29 is 12.8 Å². The standard InChI is InChI=1S/C12H16ClFN2O2S/c1-8-6-16(2)7-12(8)15-19(17,18)9-3-4-11(14)10(13)5-9/h3-5,8,12,15H,6-7H2,1-2H3. The molecule has 0 radical (unpaired) electrons. The molecule has 2 atom stereocenters. The van der Waals surface area contributed by atoms with Gasteiger partial charge in [0.25, 0.3) is 0 Å². The minimum absolute atomic E-state index is 0.0133. The van der Waals surface area contributed by atoms with Crippen molar-refractivity contribution in [3.05, 3.63) is 29.0 Å². The number of likely N-dealkylation sites (tertiary alicyclic amines) is 1. The second-order valence-electron chi connectivity index (χ2n) is 5.00. The van der Waals surface area contributed by atoms with Crippen LogP contribution in [0.1, 0.15) is 6.92 Å². The van der Waals surface area contributed by atoms with Gasteiger partial charge in [-0.25, -0.2) is 17.5 Å². The minimum atomic E-state index is -3.67. The molecule has 106 valence electrons. The van der Waals surface area contributed by atoms with Gasteiger partial charge < -0.3 is 4.90 Å². The van der Waals surface area contributed by atoms with Crippen molar-refractivity contribution in [3.8, 4) is 0 Å². The Morgan fingerprint density at radius 2 is 2.11 bits per heavy atom. The van der Waals surface area contributed by atoms with E-state index in [0.717, 1.165) is 18.7 Å². The second-order valence-corrected chi connectivity index (χ2v) is 7.12. The minimum Gasteiger partial charge on any atom is -0.304 e. The molecule has 1 aliphatic rings. The van der Waals surface area contributed by atoms with Crippen molar-refractivity contribution in [1.29, 1.82) is 0 Å². The third-order valence-corrected chi connectivity index (χ3v) is 5.08. The maximum Gasteiger partial charge on any atom is 0.240 e. The predicted octanol–water partition coefficient (Wildman–Crippen LogP) is 1.71. The molecule has 1 N–H and O–H groups in total. The number of nitrogens with one attached hydrogen (secondary N) is 1. The highest BCUT2D eigenvalue weighted by Crippen LogP contribution is 2.21. The molecule has 1 heterocycles. The zero-order chi connectivity index (χ0) is 14.2. The van der Waals surface area contributed by atoms with Gasteiger partial charge in [0.1, 0.15) is 5.82 Å². The van der Waals surface area contributed by atoms with Crippen molar-refractivity contribution in [2.75, 3.05) is 20.1 Å². The molecule has 1 saturated heterocycles. The number of hydrogen-bond donors (Lipinski definition) is 1. The smallest absolute Gasteiger partial charge is 0.240 e. The van der Waals surface area contributed by atoms with E-state index in [-0.39, 0.29) is 21.9 Å². The van der Waals surface area contributed by atoms with Gasteiger partial charge in [-0.3, -0.25) is 0 Å². The molecule has 0 spiro atoms. The Hall–Kier alpha value is -0.690. The first-order chi connectivity index (χ1) is 8.79. The van der Waals surface area contributed by atoms with E-state index < -0.39 is 15.8 Å². The Balaban J connectivity index is 2.20. The van der Waals surface area contributed by atoms with E-state index >= 15 is 0 Å². The number of rotatable bonds is 3. The van der Waals surface area contributed by atoms with Gasteiger partial charge in [-0.1, -0.05) is 18.5 Å². The fourth-order valence-corrected chi connectivity index (χ4v) is 3.88.